The minimum atomic E-state index is -2.91. The van der Waals surface area contributed by atoms with E-state index >= 15 is 0 Å². The molecule has 1 aliphatic heterocycles. The van der Waals surface area contributed by atoms with Crippen molar-refractivity contribution in [3.8, 4) is 0 Å². The van der Waals surface area contributed by atoms with Crippen LogP contribution in [0.1, 0.15) is 0 Å². The molecule has 0 saturated carbocycles. The van der Waals surface area contributed by atoms with E-state index in [-0.39, 0.29) is 0 Å². The van der Waals surface area contributed by atoms with Crippen LogP contribution in [0.3, 0.4) is 0 Å². The van der Waals surface area contributed by atoms with E-state index in [2.05, 4.69) is 9.71 Å². The average molecular weight is 199 g/mol. The molecule has 1 aromatic carbocycles. The Balaban J connectivity index is 2.61. The fraction of sp³-hybridized carbons (Fsp3) is 0. The molecule has 1 heterocycles. The Bertz CT molecular complexity index is 378. The van der Waals surface area contributed by atoms with E-state index in [1.54, 1.807) is 18.2 Å². The zero-order valence-corrected chi connectivity index (χ0v) is 7.45. The highest BCUT2D eigenvalue weighted by atomic mass is 32.3. The third-order valence-electron chi connectivity index (χ3n) is 1.71. The van der Waals surface area contributed by atoms with E-state index in [1.165, 1.54) is 6.34 Å². The van der Waals surface area contributed by atoms with E-state index in [4.69, 9.17) is 5.73 Å². The molecule has 70 valence electrons. The Hall–Kier alpha value is -1.24. The van der Waals surface area contributed by atoms with Gasteiger partial charge in [-0.15, -0.1) is 0 Å². The van der Waals surface area contributed by atoms with Gasteiger partial charge in [0.1, 0.15) is 11.2 Å². The molecule has 5 N–H and O–H groups in total. The summed E-state index contributed by atoms with van der Waals surface area (Å²) in [5.41, 5.74) is 6.57. The number of aliphatic imine (C=N–C) groups is 1. The second kappa shape index (κ2) is 2.63. The molecule has 1 aromatic rings. The Kier molecular flexibility index (Phi) is 1.69. The van der Waals surface area contributed by atoms with Gasteiger partial charge in [-0.05, 0) is 18.2 Å². The molecule has 0 saturated heterocycles. The number of nitrogen functional groups attached to an aromatic ring is 1. The lowest BCUT2D eigenvalue weighted by Gasteiger charge is -2.34. The van der Waals surface area contributed by atoms with Crippen LogP contribution in [0.2, 0.25) is 0 Å². The Morgan fingerprint density at radius 3 is 2.92 bits per heavy atom. The highest BCUT2D eigenvalue weighted by Crippen LogP contribution is 2.50. The summed E-state index contributed by atoms with van der Waals surface area (Å²) in [6, 6.07) is 4.76. The van der Waals surface area contributed by atoms with Crippen molar-refractivity contribution in [2.45, 2.75) is 4.90 Å². The zero-order chi connectivity index (χ0) is 9.47. The standard InChI is InChI=1S/C7H9N3O2S/c8-5-1-2-7-6(3-5)9-4-10-13(7,11)12/h1-4,11-12H,8H2,(H,9,10). The van der Waals surface area contributed by atoms with Gasteiger partial charge in [-0.2, -0.15) is 0 Å². The molecule has 0 aromatic heterocycles. The minimum absolute atomic E-state index is 0.379. The molecule has 0 radical (unpaired) electrons. The van der Waals surface area contributed by atoms with Gasteiger partial charge in [0.05, 0.1) is 5.69 Å². The van der Waals surface area contributed by atoms with Crippen LogP contribution in [0.5, 0.6) is 0 Å². The maximum atomic E-state index is 9.51. The van der Waals surface area contributed by atoms with Gasteiger partial charge < -0.3 is 5.73 Å². The molecule has 6 heteroatoms. The van der Waals surface area contributed by atoms with Crippen LogP contribution in [-0.2, 0) is 0 Å². The lowest BCUT2D eigenvalue weighted by atomic mass is 10.3. The van der Waals surface area contributed by atoms with Gasteiger partial charge in [-0.3, -0.25) is 13.8 Å². The molecule has 0 amide bonds. The fourth-order valence-electron chi connectivity index (χ4n) is 1.11. The Labute approximate surface area is 76.8 Å². The molecular formula is C7H9N3O2S. The summed E-state index contributed by atoms with van der Waals surface area (Å²) >= 11 is 0. The Morgan fingerprint density at radius 2 is 2.15 bits per heavy atom. The van der Waals surface area contributed by atoms with Crippen LogP contribution in [0, 0.1) is 0 Å². The highest BCUT2D eigenvalue weighted by Gasteiger charge is 2.21. The molecule has 0 spiro atoms. The van der Waals surface area contributed by atoms with Gasteiger partial charge >= 0.3 is 0 Å². The van der Waals surface area contributed by atoms with Gasteiger partial charge in [0.2, 0.25) is 0 Å². The number of anilines is 1. The van der Waals surface area contributed by atoms with Crippen molar-refractivity contribution in [3.63, 3.8) is 0 Å². The first-order valence-corrected chi connectivity index (χ1v) is 5.12. The van der Waals surface area contributed by atoms with Crippen LogP contribution in [0.25, 0.3) is 0 Å². The maximum absolute atomic E-state index is 9.51. The van der Waals surface area contributed by atoms with E-state index in [9.17, 15) is 9.11 Å². The topological polar surface area (TPSA) is 90.9 Å². The maximum Gasteiger partial charge on any atom is 0.107 e. The largest absolute Gasteiger partial charge is 0.399 e. The van der Waals surface area contributed by atoms with Crippen LogP contribution in [0.15, 0.2) is 28.1 Å². The second-order valence-electron chi connectivity index (χ2n) is 2.65. The number of hydrogen-bond donors (Lipinski definition) is 4. The molecule has 2 rings (SSSR count). The lowest BCUT2D eigenvalue weighted by Crippen LogP contribution is -2.21. The summed E-state index contributed by atoms with van der Waals surface area (Å²) in [5, 5.41) is 0. The number of nitrogens with zero attached hydrogens (tertiary/aromatic N) is 1. The molecule has 1 aliphatic rings. The molecule has 0 unspecified atom stereocenters. The molecule has 0 fully saturated rings. The summed E-state index contributed by atoms with van der Waals surface area (Å²) in [6.07, 6.45) is 1.26. The van der Waals surface area contributed by atoms with Gasteiger partial charge in [-0.25, -0.2) is 4.99 Å². The monoisotopic (exact) mass is 199 g/mol. The Morgan fingerprint density at radius 1 is 1.38 bits per heavy atom. The van der Waals surface area contributed by atoms with Crippen molar-refractivity contribution < 1.29 is 9.11 Å². The molecule has 13 heavy (non-hydrogen) atoms. The highest BCUT2D eigenvalue weighted by molar-refractivity contribution is 8.23. The lowest BCUT2D eigenvalue weighted by molar-refractivity contribution is 0.481. The second-order valence-corrected chi connectivity index (χ2v) is 4.43. The summed E-state index contributed by atoms with van der Waals surface area (Å²) < 4.78 is 21.4. The van der Waals surface area contributed by atoms with Crippen molar-refractivity contribution >= 4 is 28.5 Å². The van der Waals surface area contributed by atoms with Crippen molar-refractivity contribution in [1.82, 2.24) is 4.72 Å². The summed E-state index contributed by atoms with van der Waals surface area (Å²) in [5.74, 6) is 0. The third-order valence-corrected chi connectivity index (χ3v) is 3.10. The number of benzene rings is 1. The van der Waals surface area contributed by atoms with Crippen LogP contribution in [-0.4, -0.2) is 15.4 Å². The fourth-order valence-corrected chi connectivity index (χ4v) is 2.10. The van der Waals surface area contributed by atoms with Crippen LogP contribution >= 0.6 is 10.8 Å². The minimum Gasteiger partial charge on any atom is -0.399 e. The van der Waals surface area contributed by atoms with Crippen LogP contribution in [0.4, 0.5) is 11.4 Å². The first-order valence-electron chi connectivity index (χ1n) is 3.57. The number of fused-ring (bicyclic) bond motifs is 1. The quantitative estimate of drug-likeness (QED) is 0.477. The van der Waals surface area contributed by atoms with Crippen molar-refractivity contribution in [2.75, 3.05) is 5.73 Å². The summed E-state index contributed by atoms with van der Waals surface area (Å²) in [4.78, 5) is 4.31. The molecule has 5 nitrogen and oxygen atoms in total. The van der Waals surface area contributed by atoms with E-state index in [1.807, 2.05) is 0 Å². The van der Waals surface area contributed by atoms with E-state index in [0.717, 1.165) is 0 Å². The van der Waals surface area contributed by atoms with E-state index in [0.29, 0.717) is 16.3 Å². The van der Waals surface area contributed by atoms with Gasteiger partial charge in [-0.1, -0.05) is 10.8 Å². The van der Waals surface area contributed by atoms with Gasteiger partial charge in [0, 0.05) is 5.69 Å². The first-order chi connectivity index (χ1) is 6.09. The van der Waals surface area contributed by atoms with Gasteiger partial charge in [0.15, 0.2) is 0 Å². The average Bonchev–Trinajstić information content (AvgIpc) is 2.02. The summed E-state index contributed by atoms with van der Waals surface area (Å²) in [6.45, 7) is 0. The van der Waals surface area contributed by atoms with Crippen molar-refractivity contribution in [3.05, 3.63) is 18.2 Å². The SMILES string of the molecule is Nc1ccc2c(c1)N=CNS2(O)O. The third kappa shape index (κ3) is 1.35. The molecule has 0 aliphatic carbocycles. The zero-order valence-electron chi connectivity index (χ0n) is 6.64. The van der Waals surface area contributed by atoms with Gasteiger partial charge in [0.25, 0.3) is 0 Å². The first kappa shape index (κ1) is 8.36. The molecule has 0 bridgehead atoms. The smallest absolute Gasteiger partial charge is 0.107 e. The number of rotatable bonds is 0. The predicted molar refractivity (Wildman–Crippen MR) is 53.3 cm³/mol. The number of nitrogens with two attached hydrogens (primary N) is 1. The number of hydrogen-bond acceptors (Lipinski definition) is 5. The van der Waals surface area contributed by atoms with Crippen LogP contribution < -0.4 is 10.5 Å². The summed E-state index contributed by atoms with van der Waals surface area (Å²) in [7, 11) is -2.91. The number of nitrogens with one attached hydrogen (secondary N) is 1. The molecular weight excluding hydrogens is 190 g/mol. The van der Waals surface area contributed by atoms with Crippen molar-refractivity contribution in [2.24, 2.45) is 4.99 Å². The normalized spacial score (nSPS) is 20.2. The van der Waals surface area contributed by atoms with Crippen molar-refractivity contribution in [1.29, 1.82) is 0 Å². The molecule has 0 atom stereocenters. The predicted octanol–water partition coefficient (Wildman–Crippen LogP) is 1.56. The van der Waals surface area contributed by atoms with E-state index < -0.39 is 10.8 Å².